The predicted molar refractivity (Wildman–Crippen MR) is 38.9 cm³/mol. The molecule has 0 bridgehead atoms. The Balaban J connectivity index is 0.000000640. The Hall–Kier alpha value is 0.180. The zero-order valence-corrected chi connectivity index (χ0v) is 6.29. The first kappa shape index (κ1) is 9.18. The average Bonchev–Trinajstić information content (AvgIpc) is 2.19. The van der Waals surface area contributed by atoms with Crippen molar-refractivity contribution in [3.8, 4) is 0 Å². The summed E-state index contributed by atoms with van der Waals surface area (Å²) in [5.41, 5.74) is 0. The Morgan fingerprint density at radius 3 is 2.22 bits per heavy atom. The molecule has 1 aliphatic heterocycles. The van der Waals surface area contributed by atoms with Crippen LogP contribution in [0, 0.1) is 0 Å². The second-order valence-electron chi connectivity index (χ2n) is 2.24. The van der Waals surface area contributed by atoms with Crippen LogP contribution in [-0.2, 0) is 0 Å². The van der Waals surface area contributed by atoms with Crippen LogP contribution in [0.15, 0.2) is 0 Å². The molecule has 1 saturated heterocycles. The van der Waals surface area contributed by atoms with E-state index in [1.165, 1.54) is 12.8 Å². The molecule has 0 saturated carbocycles. The van der Waals surface area contributed by atoms with Crippen molar-refractivity contribution in [3.05, 3.63) is 0 Å². The van der Waals surface area contributed by atoms with E-state index in [1.807, 2.05) is 0 Å². The van der Waals surface area contributed by atoms with Gasteiger partial charge in [0.1, 0.15) is 6.67 Å². The zero-order chi connectivity index (χ0) is 5.82. The molecule has 1 heterocycles. The fourth-order valence-electron chi connectivity index (χ4n) is 1.13. The molecule has 1 aliphatic rings. The monoisotopic (exact) mass is 153 g/mol. The normalized spacial score (nSPS) is 19.7. The van der Waals surface area contributed by atoms with Gasteiger partial charge in [0.2, 0.25) is 0 Å². The quantitative estimate of drug-likeness (QED) is 0.581. The molecule has 0 aliphatic carbocycles. The van der Waals surface area contributed by atoms with Gasteiger partial charge in [0, 0.05) is 6.54 Å². The maximum Gasteiger partial charge on any atom is 0.102 e. The Labute approximate surface area is 61.6 Å². The topological polar surface area (TPSA) is 3.24 Å². The minimum atomic E-state index is -0.181. The van der Waals surface area contributed by atoms with Gasteiger partial charge >= 0.3 is 0 Å². The fourth-order valence-corrected chi connectivity index (χ4v) is 1.13. The van der Waals surface area contributed by atoms with E-state index >= 15 is 0 Å². The maximum atomic E-state index is 11.6. The van der Waals surface area contributed by atoms with Crippen molar-refractivity contribution in [2.24, 2.45) is 0 Å². The lowest BCUT2D eigenvalue weighted by molar-refractivity contribution is 0.297. The summed E-state index contributed by atoms with van der Waals surface area (Å²) in [6.45, 7) is 2.70. The number of hydrogen-bond acceptors (Lipinski definition) is 1. The third-order valence-electron chi connectivity index (χ3n) is 1.60. The van der Waals surface area contributed by atoms with Crippen molar-refractivity contribution in [1.82, 2.24) is 4.90 Å². The third kappa shape index (κ3) is 3.01. The van der Waals surface area contributed by atoms with E-state index in [2.05, 4.69) is 4.90 Å². The highest BCUT2D eigenvalue weighted by Crippen LogP contribution is 2.05. The van der Waals surface area contributed by atoms with Crippen LogP contribution in [0.2, 0.25) is 0 Å². The van der Waals surface area contributed by atoms with Crippen LogP contribution in [0.1, 0.15) is 12.8 Å². The van der Waals surface area contributed by atoms with Crippen LogP contribution in [-0.4, -0.2) is 31.2 Å². The van der Waals surface area contributed by atoms with Crippen molar-refractivity contribution in [3.63, 3.8) is 0 Å². The van der Waals surface area contributed by atoms with Gasteiger partial charge in [-0.3, -0.25) is 0 Å². The summed E-state index contributed by atoms with van der Waals surface area (Å²) in [7, 11) is 0. The Morgan fingerprint density at radius 2 is 1.78 bits per heavy atom. The van der Waals surface area contributed by atoms with Gasteiger partial charge in [0.25, 0.3) is 0 Å². The standard InChI is InChI=1S/C6H12FN.ClH/c7-3-6-8-4-1-2-5-8;/h1-6H2;1H. The Bertz CT molecular complexity index is 64.1. The van der Waals surface area contributed by atoms with Crippen molar-refractivity contribution in [1.29, 1.82) is 0 Å². The van der Waals surface area contributed by atoms with Gasteiger partial charge in [0.05, 0.1) is 0 Å². The van der Waals surface area contributed by atoms with Gasteiger partial charge in [-0.15, -0.1) is 12.4 Å². The van der Waals surface area contributed by atoms with E-state index in [1.54, 1.807) is 0 Å². The molecule has 9 heavy (non-hydrogen) atoms. The molecular weight excluding hydrogens is 141 g/mol. The Morgan fingerprint density at radius 1 is 1.22 bits per heavy atom. The lowest BCUT2D eigenvalue weighted by atomic mass is 10.4. The first-order valence-corrected chi connectivity index (χ1v) is 3.22. The lowest BCUT2D eigenvalue weighted by Gasteiger charge is -2.09. The van der Waals surface area contributed by atoms with E-state index < -0.39 is 0 Å². The molecule has 0 amide bonds. The smallest absolute Gasteiger partial charge is 0.102 e. The number of likely N-dealkylation sites (tertiary alicyclic amines) is 1. The van der Waals surface area contributed by atoms with Crippen molar-refractivity contribution < 1.29 is 4.39 Å². The van der Waals surface area contributed by atoms with Crippen LogP contribution >= 0.6 is 12.4 Å². The molecule has 3 heteroatoms. The van der Waals surface area contributed by atoms with Crippen molar-refractivity contribution >= 4 is 12.4 Å². The molecule has 1 fully saturated rings. The molecule has 0 aromatic rings. The van der Waals surface area contributed by atoms with Crippen molar-refractivity contribution in [2.45, 2.75) is 12.8 Å². The van der Waals surface area contributed by atoms with E-state index in [-0.39, 0.29) is 19.1 Å². The number of alkyl halides is 1. The maximum absolute atomic E-state index is 11.6. The minimum Gasteiger partial charge on any atom is -0.301 e. The van der Waals surface area contributed by atoms with Gasteiger partial charge < -0.3 is 4.90 Å². The fraction of sp³-hybridized carbons (Fsp3) is 1.00. The SMILES string of the molecule is Cl.FCCN1CCCC1. The molecule has 0 aromatic heterocycles. The van der Waals surface area contributed by atoms with Gasteiger partial charge in [-0.25, -0.2) is 4.39 Å². The molecule has 0 unspecified atom stereocenters. The molecule has 0 radical (unpaired) electrons. The molecule has 56 valence electrons. The summed E-state index contributed by atoms with van der Waals surface area (Å²) in [5.74, 6) is 0. The number of rotatable bonds is 2. The van der Waals surface area contributed by atoms with Crippen LogP contribution in [0.3, 0.4) is 0 Å². The van der Waals surface area contributed by atoms with Gasteiger partial charge in [-0.1, -0.05) is 0 Å². The minimum absolute atomic E-state index is 0. The summed E-state index contributed by atoms with van der Waals surface area (Å²) in [5, 5.41) is 0. The van der Waals surface area contributed by atoms with Crippen LogP contribution in [0.5, 0.6) is 0 Å². The van der Waals surface area contributed by atoms with E-state index in [0.29, 0.717) is 6.54 Å². The Kier molecular flexibility index (Phi) is 5.10. The number of halogens is 2. The summed E-state index contributed by atoms with van der Waals surface area (Å²) >= 11 is 0. The van der Waals surface area contributed by atoms with Gasteiger partial charge in [-0.05, 0) is 25.9 Å². The second-order valence-corrected chi connectivity index (χ2v) is 2.24. The summed E-state index contributed by atoms with van der Waals surface area (Å²) in [6, 6.07) is 0. The molecule has 0 N–H and O–H groups in total. The summed E-state index contributed by atoms with van der Waals surface area (Å²) < 4.78 is 11.6. The summed E-state index contributed by atoms with van der Waals surface area (Å²) in [6.07, 6.45) is 2.53. The second kappa shape index (κ2) is 5.00. The molecule has 0 aromatic carbocycles. The first-order valence-electron chi connectivity index (χ1n) is 3.22. The lowest BCUT2D eigenvalue weighted by Crippen LogP contribution is -2.21. The van der Waals surface area contributed by atoms with E-state index in [4.69, 9.17) is 0 Å². The first-order chi connectivity index (χ1) is 3.93. The number of hydrogen-bond donors (Lipinski definition) is 0. The van der Waals surface area contributed by atoms with Crippen LogP contribution in [0.25, 0.3) is 0 Å². The highest BCUT2D eigenvalue weighted by molar-refractivity contribution is 5.85. The summed E-state index contributed by atoms with van der Waals surface area (Å²) in [4.78, 5) is 2.17. The van der Waals surface area contributed by atoms with Gasteiger partial charge in [-0.2, -0.15) is 0 Å². The largest absolute Gasteiger partial charge is 0.301 e. The van der Waals surface area contributed by atoms with E-state index in [9.17, 15) is 4.39 Å². The number of nitrogens with zero attached hydrogens (tertiary/aromatic N) is 1. The van der Waals surface area contributed by atoms with Crippen LogP contribution < -0.4 is 0 Å². The van der Waals surface area contributed by atoms with E-state index in [0.717, 1.165) is 13.1 Å². The predicted octanol–water partition coefficient (Wildman–Crippen LogP) is 1.47. The van der Waals surface area contributed by atoms with Gasteiger partial charge in [0.15, 0.2) is 0 Å². The molecule has 0 spiro atoms. The molecule has 1 rings (SSSR count). The molecule has 1 nitrogen and oxygen atoms in total. The van der Waals surface area contributed by atoms with Crippen molar-refractivity contribution in [2.75, 3.05) is 26.3 Å². The highest BCUT2D eigenvalue weighted by atomic mass is 35.5. The third-order valence-corrected chi connectivity index (χ3v) is 1.60. The van der Waals surface area contributed by atoms with Crippen LogP contribution in [0.4, 0.5) is 4.39 Å². The zero-order valence-electron chi connectivity index (χ0n) is 5.48. The highest BCUT2D eigenvalue weighted by Gasteiger charge is 2.09. The average molecular weight is 154 g/mol. The molecular formula is C6H13ClFN. The molecule has 0 atom stereocenters.